The molecule has 3 nitrogen and oxygen atoms in total. The van der Waals surface area contributed by atoms with Gasteiger partial charge in [0.1, 0.15) is 0 Å². The highest BCUT2D eigenvalue weighted by Gasteiger charge is 2.66. The number of hydrogen-bond donors (Lipinski definition) is 2. The summed E-state index contributed by atoms with van der Waals surface area (Å²) in [5.74, 6) is 2.66. The number of fused-ring (bicyclic) bond motifs is 5. The van der Waals surface area contributed by atoms with Crippen molar-refractivity contribution in [2.75, 3.05) is 12.3 Å². The lowest BCUT2D eigenvalue weighted by Crippen LogP contribution is -2.60. The van der Waals surface area contributed by atoms with E-state index in [9.17, 15) is 5.11 Å². The largest absolute Gasteiger partial charge is 0.472 e. The van der Waals surface area contributed by atoms with Crippen molar-refractivity contribution in [3.8, 4) is 0 Å². The first-order valence-corrected chi connectivity index (χ1v) is 13.2. The summed E-state index contributed by atoms with van der Waals surface area (Å²) in [6.45, 7) is 5.71. The molecule has 3 N–H and O–H groups in total. The molecule has 30 heavy (non-hydrogen) atoms. The topological polar surface area (TPSA) is 59.4 Å². The first-order chi connectivity index (χ1) is 14.4. The van der Waals surface area contributed by atoms with Crippen LogP contribution in [0.2, 0.25) is 0 Å². The van der Waals surface area contributed by atoms with Crippen LogP contribution in [0.1, 0.15) is 83.1 Å². The van der Waals surface area contributed by atoms with Crippen LogP contribution >= 0.6 is 11.8 Å². The van der Waals surface area contributed by atoms with E-state index in [4.69, 9.17) is 10.2 Å². The number of nitrogens with two attached hydrogens (primary N) is 1. The Morgan fingerprint density at radius 1 is 1.17 bits per heavy atom. The van der Waals surface area contributed by atoms with E-state index in [0.29, 0.717) is 23.2 Å². The lowest BCUT2D eigenvalue weighted by molar-refractivity contribution is -0.171. The highest BCUT2D eigenvalue weighted by Crippen LogP contribution is 2.69. The van der Waals surface area contributed by atoms with Gasteiger partial charge in [0.2, 0.25) is 0 Å². The van der Waals surface area contributed by atoms with Crippen LogP contribution in [-0.2, 0) is 0 Å². The van der Waals surface area contributed by atoms with E-state index in [0.717, 1.165) is 43.9 Å². The predicted octanol–water partition coefficient (Wildman–Crippen LogP) is 5.89. The number of rotatable bonds is 5. The van der Waals surface area contributed by atoms with E-state index >= 15 is 0 Å². The van der Waals surface area contributed by atoms with Crippen LogP contribution in [0.15, 0.2) is 34.7 Å². The molecule has 1 heterocycles. The summed E-state index contributed by atoms with van der Waals surface area (Å²) < 4.78 is 5.42. The quantitative estimate of drug-likeness (QED) is 0.452. The fraction of sp³-hybridized carbons (Fsp3) is 0.769. The molecule has 0 unspecified atom stereocenters. The van der Waals surface area contributed by atoms with Gasteiger partial charge in [-0.05, 0) is 105 Å². The van der Waals surface area contributed by atoms with Crippen molar-refractivity contribution in [1.29, 1.82) is 0 Å². The maximum absolute atomic E-state index is 12.3. The molecule has 0 amide bonds. The van der Waals surface area contributed by atoms with Crippen molar-refractivity contribution in [2.24, 2.45) is 28.4 Å². The molecular formula is C26H39NO2S. The number of hydrogen-bond acceptors (Lipinski definition) is 4. The normalized spacial score (nSPS) is 45.4. The zero-order chi connectivity index (χ0) is 21.0. The fourth-order valence-corrected chi connectivity index (χ4v) is 9.32. The van der Waals surface area contributed by atoms with Crippen LogP contribution in [-0.4, -0.2) is 28.3 Å². The Hall–Kier alpha value is -0.710. The molecule has 3 saturated carbocycles. The minimum absolute atomic E-state index is 0.0327. The van der Waals surface area contributed by atoms with Gasteiger partial charge in [-0.15, -0.1) is 0 Å². The lowest BCUT2D eigenvalue weighted by Gasteiger charge is -2.61. The van der Waals surface area contributed by atoms with Gasteiger partial charge in [0.15, 0.2) is 0 Å². The van der Waals surface area contributed by atoms with E-state index in [1.165, 1.54) is 37.0 Å². The van der Waals surface area contributed by atoms with E-state index in [-0.39, 0.29) is 5.41 Å². The maximum Gasteiger partial charge on any atom is 0.0937 e. The molecule has 5 rings (SSSR count). The van der Waals surface area contributed by atoms with Gasteiger partial charge in [-0.2, -0.15) is 11.8 Å². The maximum atomic E-state index is 12.3. The third kappa shape index (κ3) is 3.00. The first-order valence-electron chi connectivity index (χ1n) is 12.2. The second-order valence-electron chi connectivity index (χ2n) is 11.0. The van der Waals surface area contributed by atoms with Gasteiger partial charge >= 0.3 is 0 Å². The number of furan rings is 1. The van der Waals surface area contributed by atoms with Crippen molar-refractivity contribution in [3.05, 3.63) is 35.8 Å². The van der Waals surface area contributed by atoms with Crippen LogP contribution < -0.4 is 5.73 Å². The van der Waals surface area contributed by atoms with Crippen molar-refractivity contribution >= 4 is 11.8 Å². The predicted molar refractivity (Wildman–Crippen MR) is 125 cm³/mol. The van der Waals surface area contributed by atoms with Crippen LogP contribution in [0.3, 0.4) is 0 Å². The molecule has 1 aromatic heterocycles. The minimum Gasteiger partial charge on any atom is -0.472 e. The molecule has 1 aromatic rings. The molecule has 3 fully saturated rings. The third-order valence-electron chi connectivity index (χ3n) is 9.90. The summed E-state index contributed by atoms with van der Waals surface area (Å²) >= 11 is 2.14. The number of thioether (sulfide) groups is 1. The molecule has 166 valence electrons. The molecule has 0 spiro atoms. The van der Waals surface area contributed by atoms with Crippen molar-refractivity contribution < 1.29 is 9.52 Å². The second kappa shape index (κ2) is 7.71. The summed E-state index contributed by atoms with van der Waals surface area (Å²) in [5, 5.41) is 13.0. The smallest absolute Gasteiger partial charge is 0.0937 e. The lowest BCUT2D eigenvalue weighted by atomic mass is 9.45. The summed E-state index contributed by atoms with van der Waals surface area (Å²) in [6.07, 6.45) is 16.8. The molecule has 0 radical (unpaired) electrons. The minimum atomic E-state index is -0.546. The van der Waals surface area contributed by atoms with E-state index in [2.05, 4.69) is 37.8 Å². The first kappa shape index (κ1) is 21.2. The summed E-state index contributed by atoms with van der Waals surface area (Å²) in [5.41, 5.74) is 8.41. The van der Waals surface area contributed by atoms with E-state index in [1.54, 1.807) is 11.8 Å². The Balaban J connectivity index is 1.39. The van der Waals surface area contributed by atoms with Crippen LogP contribution in [0.4, 0.5) is 0 Å². The average Bonchev–Trinajstić information content (AvgIpc) is 3.34. The molecular weight excluding hydrogens is 390 g/mol. The summed E-state index contributed by atoms with van der Waals surface area (Å²) in [7, 11) is 0. The van der Waals surface area contributed by atoms with Gasteiger partial charge in [-0.1, -0.05) is 25.5 Å². The highest BCUT2D eigenvalue weighted by atomic mass is 32.2. The SMILES string of the molecule is C[C@]12CC[C@H](SCCCN)CC1=CC[C@@H]1[C@@H]2CC[C@]2(C)[C@@H](c3ccoc3)CC[C@]12O. The fourth-order valence-electron chi connectivity index (χ4n) is 8.08. The van der Waals surface area contributed by atoms with Gasteiger partial charge in [-0.25, -0.2) is 0 Å². The van der Waals surface area contributed by atoms with E-state index < -0.39 is 5.60 Å². The zero-order valence-corrected chi connectivity index (χ0v) is 19.6. The third-order valence-corrected chi connectivity index (χ3v) is 11.3. The summed E-state index contributed by atoms with van der Waals surface area (Å²) in [6, 6.07) is 2.12. The Labute approximate surface area is 186 Å². The monoisotopic (exact) mass is 429 g/mol. The Morgan fingerprint density at radius 3 is 2.80 bits per heavy atom. The average molecular weight is 430 g/mol. The Morgan fingerprint density at radius 2 is 2.03 bits per heavy atom. The van der Waals surface area contributed by atoms with Crippen LogP contribution in [0.25, 0.3) is 0 Å². The molecule has 0 bridgehead atoms. The zero-order valence-electron chi connectivity index (χ0n) is 18.7. The van der Waals surface area contributed by atoms with Gasteiger partial charge in [-0.3, -0.25) is 0 Å². The second-order valence-corrected chi connectivity index (χ2v) is 12.4. The van der Waals surface area contributed by atoms with Crippen molar-refractivity contribution in [2.45, 2.75) is 88.4 Å². The van der Waals surface area contributed by atoms with Crippen molar-refractivity contribution in [1.82, 2.24) is 0 Å². The van der Waals surface area contributed by atoms with Gasteiger partial charge in [0.05, 0.1) is 18.1 Å². The van der Waals surface area contributed by atoms with Crippen molar-refractivity contribution in [3.63, 3.8) is 0 Å². The van der Waals surface area contributed by atoms with Crippen LogP contribution in [0.5, 0.6) is 0 Å². The standard InChI is InChI=1S/C26H39NO2S/c1-24-10-6-20(30-15-3-13-27)16-19(24)4-5-23-22(24)7-11-25(2)21(8-12-26(23,25)28)18-9-14-29-17-18/h4,9,14,17,20-23,28H,3,5-8,10-13,15-16,27H2,1-2H3/t20-,21+,22-,23+,24-,25+,26-/m0/s1. The van der Waals surface area contributed by atoms with Gasteiger partial charge in [0.25, 0.3) is 0 Å². The Kier molecular flexibility index (Phi) is 5.43. The number of allylic oxidation sites excluding steroid dienone is 2. The summed E-state index contributed by atoms with van der Waals surface area (Å²) in [4.78, 5) is 0. The molecule has 4 heteroatoms. The molecule has 4 aliphatic rings. The van der Waals surface area contributed by atoms with Gasteiger partial charge in [0, 0.05) is 10.7 Å². The number of aliphatic hydroxyl groups is 1. The highest BCUT2D eigenvalue weighted by molar-refractivity contribution is 7.99. The van der Waals surface area contributed by atoms with Crippen LogP contribution in [0, 0.1) is 22.7 Å². The van der Waals surface area contributed by atoms with Gasteiger partial charge < -0.3 is 15.3 Å². The van der Waals surface area contributed by atoms with E-state index in [1.807, 2.05) is 6.26 Å². The molecule has 0 aliphatic heterocycles. The molecule has 0 aromatic carbocycles. The molecule has 4 aliphatic carbocycles. The molecule has 0 saturated heterocycles. The Bertz CT molecular complexity index is 791. The molecule has 7 atom stereocenters.